The van der Waals surface area contributed by atoms with Crippen molar-refractivity contribution in [1.82, 2.24) is 10.6 Å². The van der Waals surface area contributed by atoms with Crippen LogP contribution in [-0.2, 0) is 4.79 Å². The number of anilines is 1. The highest BCUT2D eigenvalue weighted by molar-refractivity contribution is 6.01. The van der Waals surface area contributed by atoms with Crippen molar-refractivity contribution in [2.75, 3.05) is 26.0 Å². The summed E-state index contributed by atoms with van der Waals surface area (Å²) in [7, 11) is 2.85. The predicted octanol–water partition coefficient (Wildman–Crippen LogP) is 0.261. The van der Waals surface area contributed by atoms with Gasteiger partial charge in [0.25, 0.3) is 0 Å². The minimum Gasteiger partial charge on any atom is -0.497 e. The number of likely N-dealkylation sites (N-methyl/N-ethyl adjacent to an activating group) is 1. The van der Waals surface area contributed by atoms with E-state index in [4.69, 9.17) is 9.84 Å². The molecule has 1 rings (SSSR count). The highest BCUT2D eigenvalue weighted by atomic mass is 16.5. The van der Waals surface area contributed by atoms with Crippen molar-refractivity contribution >= 4 is 23.6 Å². The smallest absolute Gasteiger partial charge is 0.337 e. The molecule has 3 amide bonds. The first-order valence-corrected chi connectivity index (χ1v) is 5.64. The molecule has 0 fully saturated rings. The molecule has 8 heteroatoms. The van der Waals surface area contributed by atoms with Gasteiger partial charge in [-0.25, -0.2) is 9.59 Å². The summed E-state index contributed by atoms with van der Waals surface area (Å²) in [5.74, 6) is -1.21. The van der Waals surface area contributed by atoms with E-state index in [-0.39, 0.29) is 23.7 Å². The number of hydrogen-bond acceptors (Lipinski definition) is 4. The lowest BCUT2D eigenvalue weighted by Crippen LogP contribution is -2.37. The van der Waals surface area contributed by atoms with E-state index in [1.807, 2.05) is 0 Å². The Kier molecular flexibility index (Phi) is 5.33. The van der Waals surface area contributed by atoms with Crippen molar-refractivity contribution in [2.45, 2.75) is 0 Å². The molecule has 1 aromatic rings. The Bertz CT molecular complexity index is 530. The topological polar surface area (TPSA) is 117 Å². The summed E-state index contributed by atoms with van der Waals surface area (Å²) in [6.45, 7) is -0.207. The zero-order valence-electron chi connectivity index (χ0n) is 11.0. The third-order valence-electron chi connectivity index (χ3n) is 2.39. The first-order chi connectivity index (χ1) is 9.47. The zero-order chi connectivity index (χ0) is 15.1. The van der Waals surface area contributed by atoms with Gasteiger partial charge < -0.3 is 25.8 Å². The Balaban J connectivity index is 2.78. The maximum Gasteiger partial charge on any atom is 0.337 e. The number of ether oxygens (including phenoxy) is 1. The fraction of sp³-hybridized carbons (Fsp3) is 0.250. The molecule has 0 atom stereocenters. The summed E-state index contributed by atoms with van der Waals surface area (Å²) >= 11 is 0. The summed E-state index contributed by atoms with van der Waals surface area (Å²) in [5.41, 5.74) is -0.00727. The molecule has 0 bridgehead atoms. The van der Waals surface area contributed by atoms with Crippen LogP contribution in [0.2, 0.25) is 0 Å². The van der Waals surface area contributed by atoms with E-state index in [2.05, 4.69) is 16.0 Å². The van der Waals surface area contributed by atoms with Crippen LogP contribution >= 0.6 is 0 Å². The summed E-state index contributed by atoms with van der Waals surface area (Å²) < 4.78 is 4.91. The van der Waals surface area contributed by atoms with E-state index in [1.54, 1.807) is 0 Å². The molecule has 8 nitrogen and oxygen atoms in total. The van der Waals surface area contributed by atoms with Crippen LogP contribution in [0, 0.1) is 0 Å². The lowest BCUT2D eigenvalue weighted by Gasteiger charge is -2.10. The maximum absolute atomic E-state index is 11.5. The lowest BCUT2D eigenvalue weighted by molar-refractivity contribution is -0.119. The number of rotatable bonds is 5. The molecular weight excluding hydrogens is 266 g/mol. The molecule has 0 aromatic heterocycles. The molecule has 0 aliphatic carbocycles. The number of hydrogen-bond donors (Lipinski definition) is 4. The van der Waals surface area contributed by atoms with Crippen molar-refractivity contribution in [3.05, 3.63) is 23.8 Å². The largest absolute Gasteiger partial charge is 0.497 e. The molecule has 0 aliphatic heterocycles. The average molecular weight is 281 g/mol. The van der Waals surface area contributed by atoms with Gasteiger partial charge in [0.2, 0.25) is 5.91 Å². The summed E-state index contributed by atoms with van der Waals surface area (Å²) in [6.07, 6.45) is 0. The molecule has 0 saturated carbocycles. The zero-order valence-corrected chi connectivity index (χ0v) is 11.0. The highest BCUT2D eigenvalue weighted by Gasteiger charge is 2.14. The number of carboxylic acid groups (broad SMARTS) is 1. The fourth-order valence-corrected chi connectivity index (χ4v) is 1.35. The van der Waals surface area contributed by atoms with Crippen molar-refractivity contribution in [3.63, 3.8) is 0 Å². The molecule has 0 spiro atoms. The van der Waals surface area contributed by atoms with Crippen molar-refractivity contribution in [1.29, 1.82) is 0 Å². The van der Waals surface area contributed by atoms with Gasteiger partial charge in [-0.15, -0.1) is 0 Å². The van der Waals surface area contributed by atoms with Gasteiger partial charge in [-0.3, -0.25) is 4.79 Å². The van der Waals surface area contributed by atoms with Crippen LogP contribution in [-0.4, -0.2) is 43.7 Å². The lowest BCUT2D eigenvalue weighted by atomic mass is 10.1. The van der Waals surface area contributed by atoms with Gasteiger partial charge in [-0.05, 0) is 18.2 Å². The number of benzene rings is 1. The molecule has 0 saturated heterocycles. The summed E-state index contributed by atoms with van der Waals surface area (Å²) in [5, 5.41) is 16.0. The van der Waals surface area contributed by atoms with Gasteiger partial charge in [0, 0.05) is 7.05 Å². The van der Waals surface area contributed by atoms with Crippen LogP contribution in [0.4, 0.5) is 10.5 Å². The van der Waals surface area contributed by atoms with Crippen LogP contribution in [0.3, 0.4) is 0 Å². The summed E-state index contributed by atoms with van der Waals surface area (Å²) in [4.78, 5) is 33.6. The standard InChI is InChI=1S/C12H15N3O5/c1-13-10(16)6-14-12(19)15-9-4-3-7(20-2)5-8(9)11(17)18/h3-5H,6H2,1-2H3,(H,13,16)(H,17,18)(H2,14,15,19). The van der Waals surface area contributed by atoms with Gasteiger partial charge in [0.15, 0.2) is 0 Å². The number of aromatic carboxylic acids is 1. The molecular formula is C12H15N3O5. The minimum absolute atomic E-state index is 0.104. The van der Waals surface area contributed by atoms with Gasteiger partial charge >= 0.3 is 12.0 Å². The fourth-order valence-electron chi connectivity index (χ4n) is 1.35. The quantitative estimate of drug-likeness (QED) is 0.617. The maximum atomic E-state index is 11.5. The number of amides is 3. The third kappa shape index (κ3) is 4.16. The van der Waals surface area contributed by atoms with E-state index in [0.29, 0.717) is 5.75 Å². The Labute approximate surface area is 115 Å². The van der Waals surface area contributed by atoms with Gasteiger partial charge in [-0.2, -0.15) is 0 Å². The minimum atomic E-state index is -1.20. The van der Waals surface area contributed by atoms with Gasteiger partial charge in [-0.1, -0.05) is 0 Å². The van der Waals surface area contributed by atoms with Crippen LogP contribution in [0.15, 0.2) is 18.2 Å². The molecule has 0 heterocycles. The SMILES string of the molecule is CNC(=O)CNC(=O)Nc1ccc(OC)cc1C(=O)O. The average Bonchev–Trinajstić information content (AvgIpc) is 2.44. The van der Waals surface area contributed by atoms with E-state index in [0.717, 1.165) is 0 Å². The third-order valence-corrected chi connectivity index (χ3v) is 2.39. The molecule has 20 heavy (non-hydrogen) atoms. The van der Waals surface area contributed by atoms with Crippen molar-refractivity contribution in [2.24, 2.45) is 0 Å². The van der Waals surface area contributed by atoms with Gasteiger partial charge in [0.1, 0.15) is 5.75 Å². The Morgan fingerprint density at radius 2 is 2.00 bits per heavy atom. The van der Waals surface area contributed by atoms with Crippen LogP contribution in [0.25, 0.3) is 0 Å². The number of urea groups is 1. The van der Waals surface area contributed by atoms with Crippen LogP contribution in [0.5, 0.6) is 5.75 Å². The van der Waals surface area contributed by atoms with E-state index in [1.165, 1.54) is 32.4 Å². The number of carbonyl (C=O) groups is 3. The molecule has 4 N–H and O–H groups in total. The van der Waals surface area contributed by atoms with Gasteiger partial charge in [0.05, 0.1) is 24.9 Å². The van der Waals surface area contributed by atoms with E-state index >= 15 is 0 Å². The Morgan fingerprint density at radius 3 is 2.55 bits per heavy atom. The molecule has 1 aromatic carbocycles. The van der Waals surface area contributed by atoms with E-state index in [9.17, 15) is 14.4 Å². The highest BCUT2D eigenvalue weighted by Crippen LogP contribution is 2.21. The first kappa shape index (κ1) is 15.3. The number of methoxy groups -OCH3 is 1. The van der Waals surface area contributed by atoms with E-state index < -0.39 is 12.0 Å². The molecule has 0 radical (unpaired) electrons. The Hall–Kier alpha value is -2.77. The second kappa shape index (κ2) is 6.98. The van der Waals surface area contributed by atoms with Crippen LogP contribution in [0.1, 0.15) is 10.4 Å². The molecule has 0 unspecified atom stereocenters. The Morgan fingerprint density at radius 1 is 1.30 bits per heavy atom. The monoisotopic (exact) mass is 281 g/mol. The summed E-state index contributed by atoms with van der Waals surface area (Å²) in [6, 6.07) is 3.53. The molecule has 0 aliphatic rings. The first-order valence-electron chi connectivity index (χ1n) is 5.64. The number of carbonyl (C=O) groups excluding carboxylic acids is 2. The predicted molar refractivity (Wildman–Crippen MR) is 71.0 cm³/mol. The van der Waals surface area contributed by atoms with Crippen molar-refractivity contribution in [3.8, 4) is 5.75 Å². The van der Waals surface area contributed by atoms with Crippen molar-refractivity contribution < 1.29 is 24.2 Å². The number of carboxylic acids is 1. The van der Waals surface area contributed by atoms with Crippen LogP contribution < -0.4 is 20.7 Å². The second-order valence-electron chi connectivity index (χ2n) is 3.70. The normalized spacial score (nSPS) is 9.50. The number of nitrogens with one attached hydrogen (secondary N) is 3. The second-order valence-corrected chi connectivity index (χ2v) is 3.70. The molecule has 108 valence electrons.